The van der Waals surface area contributed by atoms with Crippen LogP contribution in [-0.2, 0) is 43.0 Å². The van der Waals surface area contributed by atoms with Crippen LogP contribution in [0.25, 0.3) is 0 Å². The molecule has 5 aliphatic rings. The number of carboxylic acids is 1. The number of rotatable bonds is 17. The molecule has 2 aromatic rings. The largest absolute Gasteiger partial charge is 0.481 e. The van der Waals surface area contributed by atoms with Crippen molar-refractivity contribution in [1.29, 1.82) is 0 Å². The van der Waals surface area contributed by atoms with Gasteiger partial charge >= 0.3 is 5.97 Å². The molecule has 4 amide bonds. The van der Waals surface area contributed by atoms with Crippen molar-refractivity contribution in [1.82, 2.24) is 16.0 Å². The molecular weight excluding hydrogens is 908 g/mol. The number of ether oxygens (including phenoxy) is 2. The Bertz CT molecular complexity index is 2380. The van der Waals surface area contributed by atoms with E-state index >= 15 is 4.39 Å². The van der Waals surface area contributed by atoms with Crippen molar-refractivity contribution < 1.29 is 62.7 Å². The van der Waals surface area contributed by atoms with Crippen LogP contribution in [0.1, 0.15) is 78.1 Å². The minimum absolute atomic E-state index is 0.0547. The number of benzene rings is 2. The lowest BCUT2D eigenvalue weighted by atomic mass is 9.44. The van der Waals surface area contributed by atoms with Crippen molar-refractivity contribution in [3.8, 4) is 0 Å². The molecule has 1 heterocycles. The van der Waals surface area contributed by atoms with Crippen LogP contribution < -0.4 is 21.3 Å². The number of allylic oxidation sites excluding steroid dienone is 4. The number of carbonyl (C=O) groups is 7. The maximum absolute atomic E-state index is 17.7. The molecular formula is C48H57FN4O12S2. The van der Waals surface area contributed by atoms with Gasteiger partial charge in [0.25, 0.3) is 0 Å². The third-order valence-corrected chi connectivity index (χ3v) is 16.5. The molecule has 4 aliphatic carbocycles. The number of Topliss-reactive ketones (excluding diaryl/α,β-unsaturated/α-hetero) is 1. The van der Waals surface area contributed by atoms with Gasteiger partial charge in [0.1, 0.15) is 18.7 Å². The second kappa shape index (κ2) is 19.6. The number of hydrogen-bond acceptors (Lipinski definition) is 13. The Labute approximate surface area is 396 Å². The topological polar surface area (TPSA) is 247 Å². The molecule has 1 saturated heterocycles. The van der Waals surface area contributed by atoms with Gasteiger partial charge in [-0.3, -0.25) is 33.6 Å². The van der Waals surface area contributed by atoms with Crippen LogP contribution in [0.15, 0.2) is 82.1 Å². The van der Waals surface area contributed by atoms with Crippen molar-refractivity contribution in [2.45, 2.75) is 123 Å². The van der Waals surface area contributed by atoms with E-state index in [0.29, 0.717) is 29.7 Å². The highest BCUT2D eigenvalue weighted by Crippen LogP contribution is 2.72. The summed E-state index contributed by atoms with van der Waals surface area (Å²) in [6.45, 7) is 5.65. The van der Waals surface area contributed by atoms with Gasteiger partial charge in [-0.25, -0.2) is 4.39 Å². The smallest absolute Gasteiger partial charge is 0.305 e. The Kier molecular flexibility index (Phi) is 14.6. The maximum atomic E-state index is 17.7. The molecule has 67 heavy (non-hydrogen) atoms. The molecule has 7 N–H and O–H groups in total. The summed E-state index contributed by atoms with van der Waals surface area (Å²) in [5.74, 6) is -5.14. The molecule has 12 atom stereocenters. The number of halogens is 1. The van der Waals surface area contributed by atoms with Crippen molar-refractivity contribution in [3.05, 3.63) is 77.9 Å². The minimum Gasteiger partial charge on any atom is -0.481 e. The molecule has 3 saturated carbocycles. The first-order valence-electron chi connectivity index (χ1n) is 22.3. The standard InChI is InChI=1S/C48H57FN4O12S2/c1-25(51-39(58)16-18-50-43(63)35(66-5)22-40(59)60)41(61)52-26(2)42(62)53-29-7-6-8-32(20-29)67-31-12-9-27(10-13-31)44-64-38-21-34-33-14-11-28-19-30(55)15-17-45(28,3)47(33,49)36(56)23-46(34,4)48(38,65-44)37(57)24-54/h6-10,12-13,15,17,19-20,25-26,33-36,38,44,54,56H,11,14,16,18,21-24H2,1-5H3,(H,50,63)(H,51,58)(H,52,61)(H,53,62)(H,59,60)/t25-,26-,33-,34-,35?,36-,38+,44+,45-,46-,47-,48+/m0/s1. The van der Waals surface area contributed by atoms with Crippen LogP contribution in [0.4, 0.5) is 10.1 Å². The van der Waals surface area contributed by atoms with E-state index in [2.05, 4.69) is 21.3 Å². The third-order valence-electron chi connectivity index (χ3n) is 14.5. The molecule has 19 heteroatoms. The highest BCUT2D eigenvalue weighted by Gasteiger charge is 2.79. The quantitative estimate of drug-likeness (QED) is 0.118. The summed E-state index contributed by atoms with van der Waals surface area (Å²) in [5, 5.41) is 40.7. The van der Waals surface area contributed by atoms with E-state index in [9.17, 15) is 43.8 Å². The summed E-state index contributed by atoms with van der Waals surface area (Å²) in [6.07, 6.45) is 3.26. The fraction of sp³-hybridized carbons (Fsp3) is 0.521. The van der Waals surface area contributed by atoms with Crippen molar-refractivity contribution in [2.24, 2.45) is 22.7 Å². The second-order valence-corrected chi connectivity index (χ2v) is 20.7. The number of carboxylic acid groups (broad SMARTS) is 1. The molecule has 16 nitrogen and oxygen atoms in total. The van der Waals surface area contributed by atoms with Crippen LogP contribution >= 0.6 is 23.5 Å². The molecule has 2 aromatic carbocycles. The summed E-state index contributed by atoms with van der Waals surface area (Å²) in [6, 6.07) is 12.4. The van der Waals surface area contributed by atoms with E-state index < -0.39 is 112 Å². The average molecular weight is 965 g/mol. The fourth-order valence-corrected chi connectivity index (χ4v) is 12.6. The van der Waals surface area contributed by atoms with Crippen LogP contribution in [0.3, 0.4) is 0 Å². The number of hydrogen-bond donors (Lipinski definition) is 7. The number of anilines is 1. The maximum Gasteiger partial charge on any atom is 0.305 e. The molecule has 360 valence electrons. The molecule has 7 rings (SSSR count). The third kappa shape index (κ3) is 9.22. The van der Waals surface area contributed by atoms with Crippen molar-refractivity contribution >= 4 is 70.4 Å². The first-order chi connectivity index (χ1) is 31.7. The summed E-state index contributed by atoms with van der Waals surface area (Å²) in [7, 11) is 0. The number of thioether (sulfide) groups is 1. The number of aliphatic carboxylic acids is 1. The van der Waals surface area contributed by atoms with Crippen LogP contribution in [0, 0.1) is 22.7 Å². The normalized spacial score (nSPS) is 31.7. The van der Waals surface area contributed by atoms with Gasteiger partial charge in [-0.15, -0.1) is 0 Å². The molecule has 0 aromatic heterocycles. The fourth-order valence-electron chi connectivity index (χ4n) is 11.1. The van der Waals surface area contributed by atoms with E-state index in [1.54, 1.807) is 37.5 Å². The Balaban J connectivity index is 0.932. The lowest BCUT2D eigenvalue weighted by Gasteiger charge is -2.62. The number of fused-ring (bicyclic) bond motifs is 7. The number of aliphatic hydroxyl groups is 2. The van der Waals surface area contributed by atoms with Crippen LogP contribution in [0.5, 0.6) is 0 Å². The Morgan fingerprint density at radius 2 is 1.67 bits per heavy atom. The molecule has 1 aliphatic heterocycles. The number of carbonyl (C=O) groups excluding carboxylic acids is 6. The zero-order valence-corrected chi connectivity index (χ0v) is 39.5. The van der Waals surface area contributed by atoms with Gasteiger partial charge in [-0.05, 0) is 101 Å². The predicted molar refractivity (Wildman–Crippen MR) is 245 cm³/mol. The average Bonchev–Trinajstić information content (AvgIpc) is 3.79. The van der Waals surface area contributed by atoms with Gasteiger partial charge < -0.3 is 46.1 Å². The number of nitrogens with one attached hydrogen (secondary N) is 4. The summed E-state index contributed by atoms with van der Waals surface area (Å²) in [4.78, 5) is 89.3. The highest BCUT2D eigenvalue weighted by molar-refractivity contribution is 8.00. The highest BCUT2D eigenvalue weighted by atomic mass is 32.2. The van der Waals surface area contributed by atoms with E-state index in [4.69, 9.17) is 14.6 Å². The van der Waals surface area contributed by atoms with Gasteiger partial charge in [0, 0.05) is 50.8 Å². The lowest BCUT2D eigenvalue weighted by molar-refractivity contribution is -0.231. The van der Waals surface area contributed by atoms with E-state index in [1.807, 2.05) is 37.3 Å². The van der Waals surface area contributed by atoms with Crippen molar-refractivity contribution in [2.75, 3.05) is 24.7 Å². The molecule has 0 radical (unpaired) electrons. The minimum atomic E-state index is -2.10. The van der Waals surface area contributed by atoms with E-state index in [1.165, 1.54) is 37.8 Å². The molecule has 0 bridgehead atoms. The Morgan fingerprint density at radius 3 is 2.36 bits per heavy atom. The number of ketones is 2. The predicted octanol–water partition coefficient (Wildman–Crippen LogP) is 4.19. The summed E-state index contributed by atoms with van der Waals surface area (Å²) >= 11 is 2.49. The lowest BCUT2D eigenvalue weighted by Crippen LogP contribution is -2.69. The zero-order valence-electron chi connectivity index (χ0n) is 37.8. The molecule has 0 spiro atoms. The van der Waals surface area contributed by atoms with E-state index in [-0.39, 0.29) is 38.0 Å². The van der Waals surface area contributed by atoms with Crippen molar-refractivity contribution in [3.63, 3.8) is 0 Å². The van der Waals surface area contributed by atoms with Gasteiger partial charge in [-0.1, -0.05) is 48.5 Å². The number of aliphatic hydroxyl groups excluding tert-OH is 2. The second-order valence-electron chi connectivity index (χ2n) is 18.5. The van der Waals surface area contributed by atoms with Crippen LogP contribution in [-0.4, -0.2) is 117 Å². The summed E-state index contributed by atoms with van der Waals surface area (Å²) in [5.41, 5.74) is -4.29. The van der Waals surface area contributed by atoms with Crippen LogP contribution in [0.2, 0.25) is 0 Å². The zero-order chi connectivity index (χ0) is 48.6. The van der Waals surface area contributed by atoms with Gasteiger partial charge in [-0.2, -0.15) is 11.8 Å². The first-order valence-corrected chi connectivity index (χ1v) is 24.4. The number of alkyl halides is 1. The monoisotopic (exact) mass is 964 g/mol. The summed E-state index contributed by atoms with van der Waals surface area (Å²) < 4.78 is 30.9. The van der Waals surface area contributed by atoms with Gasteiger partial charge in [0.05, 0.1) is 23.9 Å². The molecule has 4 fully saturated rings. The number of amides is 4. The van der Waals surface area contributed by atoms with E-state index in [0.717, 1.165) is 21.6 Å². The first kappa shape index (κ1) is 50.0. The Morgan fingerprint density at radius 1 is 0.955 bits per heavy atom. The van der Waals surface area contributed by atoms with Gasteiger partial charge in [0.2, 0.25) is 23.6 Å². The molecule has 1 unspecified atom stereocenters. The Hall–Kier alpha value is -4.92. The SMILES string of the molecule is CSC(CC(=O)O)C(=O)NCCC(=O)N[C@@H](C)C(=O)N[C@@H](C)C(=O)Nc1cccc(Sc2ccc([C@@H]3O[C@@H]4C[C@H]5[C@@H]6CCC7=CC(=O)C=C[C@]7(C)[C@@]6(F)[C@@H](O)C[C@]5(C)[C@]4(C(=O)CO)O3)cc2)c1. The van der Waals surface area contributed by atoms with Gasteiger partial charge in [0.15, 0.2) is 29.1 Å².